The van der Waals surface area contributed by atoms with E-state index in [-0.39, 0.29) is 42.3 Å². The first-order valence-corrected chi connectivity index (χ1v) is 19.7. The zero-order chi connectivity index (χ0) is 39.0. The first-order chi connectivity index (χ1) is 27.8. The zero-order valence-electron chi connectivity index (χ0n) is 31.6. The van der Waals surface area contributed by atoms with Crippen LogP contribution < -0.4 is 20.1 Å². The average Bonchev–Trinajstić information content (AvgIpc) is 3.61. The summed E-state index contributed by atoms with van der Waals surface area (Å²) < 4.78 is 26.2. The lowest BCUT2D eigenvalue weighted by Gasteiger charge is -2.36. The van der Waals surface area contributed by atoms with Crippen molar-refractivity contribution in [2.75, 3.05) is 26.4 Å². The van der Waals surface area contributed by atoms with Crippen LogP contribution in [0.1, 0.15) is 65.7 Å². The van der Waals surface area contributed by atoms with Crippen LogP contribution in [-0.4, -0.2) is 99.8 Å². The minimum atomic E-state index is -0.991. The normalized spacial score (nSPS) is 23.0. The SMILES string of the molecule is Cn1c2ccncc2c2ccc(-c3ccc(OC4CC(OCCCOCCNC5CC(Oc6ccc7c(c6)C(=O)N(C6CCC(=O)NC6=O)C7=O)C5)C4)nc3)cc21. The number of fused-ring (bicyclic) bond motifs is 4. The number of aromatic nitrogens is 3. The van der Waals surface area contributed by atoms with Gasteiger partial charge in [0.2, 0.25) is 17.7 Å². The number of nitrogens with one attached hydrogen (secondary N) is 2. The largest absolute Gasteiger partial charge is 0.490 e. The van der Waals surface area contributed by atoms with Crippen LogP contribution in [0.15, 0.2) is 73.2 Å². The molecule has 0 spiro atoms. The van der Waals surface area contributed by atoms with E-state index in [2.05, 4.69) is 56.5 Å². The average molecular weight is 773 g/mol. The molecule has 2 N–H and O–H groups in total. The molecule has 2 saturated carbocycles. The molecule has 5 aromatic rings. The number of hydrogen-bond donors (Lipinski definition) is 2. The van der Waals surface area contributed by atoms with Gasteiger partial charge in [0.05, 0.1) is 29.4 Å². The lowest BCUT2D eigenvalue weighted by atomic mass is 9.89. The van der Waals surface area contributed by atoms with Crippen molar-refractivity contribution >= 4 is 45.4 Å². The molecule has 0 radical (unpaired) electrons. The van der Waals surface area contributed by atoms with Crippen molar-refractivity contribution < 1.29 is 38.1 Å². The maximum absolute atomic E-state index is 13.1. The quantitative estimate of drug-likeness (QED) is 0.112. The molecule has 1 atom stereocenters. The number of rotatable bonds is 15. The number of ether oxygens (including phenoxy) is 4. The van der Waals surface area contributed by atoms with Gasteiger partial charge in [0, 0.05) is 98.6 Å². The van der Waals surface area contributed by atoms with Gasteiger partial charge < -0.3 is 28.8 Å². The van der Waals surface area contributed by atoms with E-state index in [1.165, 1.54) is 5.39 Å². The van der Waals surface area contributed by atoms with Crippen molar-refractivity contribution in [1.82, 2.24) is 30.1 Å². The van der Waals surface area contributed by atoms with Gasteiger partial charge in [0.1, 0.15) is 24.0 Å². The summed E-state index contributed by atoms with van der Waals surface area (Å²) in [5, 5.41) is 8.04. The predicted octanol–water partition coefficient (Wildman–Crippen LogP) is 4.72. The number of carbonyl (C=O) groups is 4. The number of carbonyl (C=O) groups excluding carboxylic acids is 4. The Balaban J connectivity index is 0.618. The molecular weight excluding hydrogens is 729 g/mol. The molecule has 2 aromatic carbocycles. The number of hydrogen-bond acceptors (Lipinski definition) is 11. The molecule has 57 heavy (non-hydrogen) atoms. The second-order valence-electron chi connectivity index (χ2n) is 15.3. The summed E-state index contributed by atoms with van der Waals surface area (Å²) in [5.41, 5.74) is 4.92. The summed E-state index contributed by atoms with van der Waals surface area (Å²) in [4.78, 5) is 59.7. The first kappa shape index (κ1) is 36.9. The van der Waals surface area contributed by atoms with Crippen molar-refractivity contribution in [3.8, 4) is 22.8 Å². The highest BCUT2D eigenvalue weighted by atomic mass is 16.5. The summed E-state index contributed by atoms with van der Waals surface area (Å²) in [6.07, 6.45) is 10.3. The number of pyridine rings is 2. The third-order valence-corrected chi connectivity index (χ3v) is 11.5. The summed E-state index contributed by atoms with van der Waals surface area (Å²) in [5.74, 6) is -0.970. The fraction of sp³-hybridized carbons (Fsp3) is 0.395. The van der Waals surface area contributed by atoms with Gasteiger partial charge in [-0.3, -0.25) is 34.4 Å². The number of nitrogens with zero attached hydrogens (tertiary/aromatic N) is 4. The number of benzene rings is 2. The molecule has 3 fully saturated rings. The van der Waals surface area contributed by atoms with Crippen LogP contribution >= 0.6 is 0 Å². The van der Waals surface area contributed by atoms with Crippen molar-refractivity contribution in [2.24, 2.45) is 7.05 Å². The van der Waals surface area contributed by atoms with Crippen molar-refractivity contribution in [1.29, 1.82) is 0 Å². The van der Waals surface area contributed by atoms with Crippen LogP contribution in [0.2, 0.25) is 0 Å². The van der Waals surface area contributed by atoms with Crippen LogP contribution in [0.5, 0.6) is 11.6 Å². The van der Waals surface area contributed by atoms with Crippen molar-refractivity contribution in [2.45, 2.75) is 75.3 Å². The smallest absolute Gasteiger partial charge is 0.262 e. The standard InChI is InChI=1S/C43H44N6O8/c1-48-36-11-12-44-24-35(36)32-6-3-25(17-38(32)48)26-4-10-40(46-23-26)57-31-20-29(21-31)55-15-2-14-54-16-13-45-27-18-30(19-27)56-28-5-7-33-34(22-28)43(53)49(42(33)52)37-8-9-39(50)47-41(37)51/h3-7,10-12,17,22-24,27,29-31,37,45H,2,8-9,13-16,18-21H2,1H3,(H,47,50,51). The second kappa shape index (κ2) is 15.7. The van der Waals surface area contributed by atoms with Gasteiger partial charge in [0.15, 0.2) is 0 Å². The zero-order valence-corrected chi connectivity index (χ0v) is 31.6. The van der Waals surface area contributed by atoms with Crippen LogP contribution in [-0.2, 0) is 26.1 Å². The lowest BCUT2D eigenvalue weighted by Crippen LogP contribution is -2.54. The van der Waals surface area contributed by atoms with E-state index in [1.807, 2.05) is 30.7 Å². The monoisotopic (exact) mass is 772 g/mol. The summed E-state index contributed by atoms with van der Waals surface area (Å²) in [7, 11) is 2.08. The van der Waals surface area contributed by atoms with Crippen LogP contribution in [0.4, 0.5) is 0 Å². The van der Waals surface area contributed by atoms with Gasteiger partial charge in [-0.05, 0) is 67.6 Å². The molecule has 14 nitrogen and oxygen atoms in total. The Morgan fingerprint density at radius 1 is 0.789 bits per heavy atom. The van der Waals surface area contributed by atoms with E-state index < -0.39 is 29.7 Å². The third-order valence-electron chi connectivity index (χ3n) is 11.5. The van der Waals surface area contributed by atoms with Crippen LogP contribution in [0.3, 0.4) is 0 Å². The minimum Gasteiger partial charge on any atom is -0.490 e. The van der Waals surface area contributed by atoms with E-state index in [0.29, 0.717) is 37.5 Å². The highest BCUT2D eigenvalue weighted by molar-refractivity contribution is 6.23. The highest BCUT2D eigenvalue weighted by Gasteiger charge is 2.45. The van der Waals surface area contributed by atoms with Crippen molar-refractivity contribution in [3.05, 3.63) is 84.3 Å². The first-order valence-electron chi connectivity index (χ1n) is 19.7. The second-order valence-corrected chi connectivity index (χ2v) is 15.3. The Morgan fingerprint density at radius 3 is 2.44 bits per heavy atom. The van der Waals surface area contributed by atoms with Gasteiger partial charge in [0.25, 0.3) is 11.8 Å². The molecule has 2 aliphatic carbocycles. The Morgan fingerprint density at radius 2 is 1.61 bits per heavy atom. The predicted molar refractivity (Wildman–Crippen MR) is 209 cm³/mol. The van der Waals surface area contributed by atoms with E-state index in [9.17, 15) is 19.2 Å². The fourth-order valence-electron chi connectivity index (χ4n) is 8.17. The molecule has 0 bridgehead atoms. The summed E-state index contributed by atoms with van der Waals surface area (Å²) in [6, 6.07) is 16.7. The van der Waals surface area contributed by atoms with E-state index in [1.54, 1.807) is 18.2 Å². The van der Waals surface area contributed by atoms with Gasteiger partial charge in [-0.15, -0.1) is 0 Å². The van der Waals surface area contributed by atoms with Gasteiger partial charge in [-0.25, -0.2) is 4.98 Å². The van der Waals surface area contributed by atoms with Crippen LogP contribution in [0, 0.1) is 0 Å². The molecule has 9 rings (SSSR count). The topological polar surface area (TPSA) is 163 Å². The Labute approximate surface area is 328 Å². The summed E-state index contributed by atoms with van der Waals surface area (Å²) >= 11 is 0. The molecule has 14 heteroatoms. The maximum Gasteiger partial charge on any atom is 0.262 e. The Hall–Kier alpha value is -5.70. The molecular formula is C43H44N6O8. The summed E-state index contributed by atoms with van der Waals surface area (Å²) in [6.45, 7) is 2.62. The molecule has 3 aromatic heterocycles. The number of amides is 4. The molecule has 1 unspecified atom stereocenters. The maximum atomic E-state index is 13.1. The molecule has 2 aliphatic heterocycles. The van der Waals surface area contributed by atoms with E-state index >= 15 is 0 Å². The van der Waals surface area contributed by atoms with E-state index in [4.69, 9.17) is 18.9 Å². The number of piperidine rings is 1. The lowest BCUT2D eigenvalue weighted by molar-refractivity contribution is -0.136. The highest BCUT2D eigenvalue weighted by Crippen LogP contribution is 2.34. The van der Waals surface area contributed by atoms with E-state index in [0.717, 1.165) is 71.1 Å². The molecule has 4 aliphatic rings. The molecule has 1 saturated heterocycles. The van der Waals surface area contributed by atoms with Gasteiger partial charge in [-0.2, -0.15) is 0 Å². The van der Waals surface area contributed by atoms with Gasteiger partial charge >= 0.3 is 0 Å². The molecule has 294 valence electrons. The van der Waals surface area contributed by atoms with Crippen molar-refractivity contribution in [3.63, 3.8) is 0 Å². The fourth-order valence-corrected chi connectivity index (χ4v) is 8.17. The number of aryl methyl sites for hydroxylation is 1. The van der Waals surface area contributed by atoms with Gasteiger partial charge in [-0.1, -0.05) is 12.1 Å². The minimum absolute atomic E-state index is 0.00783. The van der Waals surface area contributed by atoms with Crippen LogP contribution in [0.25, 0.3) is 32.9 Å². The molecule has 4 amide bonds. The number of imide groups is 2. The Kier molecular flexibility index (Phi) is 10.2. The third kappa shape index (κ3) is 7.47. The molecule has 5 heterocycles. The Bertz CT molecular complexity index is 2350.